The Morgan fingerprint density at radius 3 is 2.04 bits per heavy atom. The highest BCUT2D eigenvalue weighted by atomic mass is 16.6. The minimum atomic E-state index is -1.10. The fourth-order valence-corrected chi connectivity index (χ4v) is 2.31. The van der Waals surface area contributed by atoms with Gasteiger partial charge in [-0.1, -0.05) is 30.3 Å². The second kappa shape index (κ2) is 9.03. The summed E-state index contributed by atoms with van der Waals surface area (Å²) in [5.74, 6) is -0.519. The summed E-state index contributed by atoms with van der Waals surface area (Å²) >= 11 is 0. The fraction of sp³-hybridized carbons (Fsp3) is 0.600. The van der Waals surface area contributed by atoms with Crippen LogP contribution in [0.3, 0.4) is 0 Å². The van der Waals surface area contributed by atoms with Gasteiger partial charge in [0.15, 0.2) is 0 Å². The number of aliphatic hydroxyl groups excluding tert-OH is 1. The number of ether oxygens (including phenoxy) is 2. The van der Waals surface area contributed by atoms with Crippen LogP contribution < -0.4 is 5.32 Å². The third-order valence-electron chi connectivity index (χ3n) is 3.26. The van der Waals surface area contributed by atoms with E-state index in [1.165, 1.54) is 0 Å². The molecule has 6 nitrogen and oxygen atoms in total. The highest BCUT2D eigenvalue weighted by Crippen LogP contribution is 2.14. The van der Waals surface area contributed by atoms with Crippen molar-refractivity contribution >= 4 is 12.1 Å². The molecule has 1 aromatic rings. The van der Waals surface area contributed by atoms with Crippen molar-refractivity contribution in [2.24, 2.45) is 0 Å². The predicted octanol–water partition coefficient (Wildman–Crippen LogP) is 3.22. The van der Waals surface area contributed by atoms with Crippen molar-refractivity contribution in [2.45, 2.75) is 77.7 Å². The zero-order valence-corrected chi connectivity index (χ0v) is 16.5. The number of aliphatic hydroxyl groups is 1. The fourth-order valence-electron chi connectivity index (χ4n) is 2.31. The van der Waals surface area contributed by atoms with Crippen LogP contribution in [-0.4, -0.2) is 40.5 Å². The lowest BCUT2D eigenvalue weighted by atomic mass is 9.99. The molecule has 0 aliphatic rings. The quantitative estimate of drug-likeness (QED) is 0.756. The van der Waals surface area contributed by atoms with E-state index in [2.05, 4.69) is 5.32 Å². The van der Waals surface area contributed by atoms with E-state index >= 15 is 0 Å². The normalized spacial score (nSPS) is 14.3. The number of rotatable bonds is 6. The van der Waals surface area contributed by atoms with Crippen LogP contribution in [0.4, 0.5) is 4.79 Å². The molecule has 146 valence electrons. The molecule has 0 aliphatic carbocycles. The molecule has 0 bridgehead atoms. The first-order valence-electron chi connectivity index (χ1n) is 8.79. The molecule has 0 spiro atoms. The van der Waals surface area contributed by atoms with Crippen LogP contribution in [0.5, 0.6) is 0 Å². The summed E-state index contributed by atoms with van der Waals surface area (Å²) < 4.78 is 10.5. The first-order chi connectivity index (χ1) is 11.9. The highest BCUT2D eigenvalue weighted by Gasteiger charge is 2.28. The predicted molar refractivity (Wildman–Crippen MR) is 99.8 cm³/mol. The summed E-state index contributed by atoms with van der Waals surface area (Å²) in [5, 5.41) is 13.2. The van der Waals surface area contributed by atoms with E-state index in [1.54, 1.807) is 41.5 Å². The van der Waals surface area contributed by atoms with Crippen LogP contribution in [0.1, 0.15) is 53.5 Å². The molecule has 1 aromatic carbocycles. The summed E-state index contributed by atoms with van der Waals surface area (Å²) in [5.41, 5.74) is -0.362. The molecule has 2 N–H and O–H groups in total. The van der Waals surface area contributed by atoms with E-state index in [9.17, 15) is 14.7 Å². The van der Waals surface area contributed by atoms with Crippen LogP contribution in [0.25, 0.3) is 0 Å². The second-order valence-corrected chi connectivity index (χ2v) is 8.30. The number of amides is 1. The van der Waals surface area contributed by atoms with E-state index in [1.807, 2.05) is 30.3 Å². The molecule has 2 atom stereocenters. The number of carbonyl (C=O) groups excluding carboxylic acids is 2. The van der Waals surface area contributed by atoms with Crippen molar-refractivity contribution in [2.75, 3.05) is 0 Å². The lowest BCUT2D eigenvalue weighted by Gasteiger charge is -2.27. The maximum absolute atomic E-state index is 12.1. The Kier molecular flexibility index (Phi) is 7.63. The van der Waals surface area contributed by atoms with Crippen molar-refractivity contribution in [3.63, 3.8) is 0 Å². The molecule has 0 radical (unpaired) electrons. The monoisotopic (exact) mass is 365 g/mol. The summed E-state index contributed by atoms with van der Waals surface area (Å²) in [7, 11) is 0. The molecular weight excluding hydrogens is 334 g/mol. The number of esters is 1. The molecule has 0 aromatic heterocycles. The SMILES string of the molecule is CC(C)(C)OC(=O)C[C@H](O)[C@H](Cc1ccccc1)NC(=O)OC(C)(C)C. The average Bonchev–Trinajstić information content (AvgIpc) is 2.43. The van der Waals surface area contributed by atoms with Crippen molar-refractivity contribution in [3.05, 3.63) is 35.9 Å². The standard InChI is InChI=1S/C20H31NO5/c1-19(2,3)25-17(23)13-16(22)15(12-14-10-8-7-9-11-14)21-18(24)26-20(4,5)6/h7-11,15-16,22H,12-13H2,1-6H3,(H,21,24)/t15-,16-/m0/s1. The van der Waals surface area contributed by atoms with Gasteiger partial charge in [-0.3, -0.25) is 4.79 Å². The molecule has 1 rings (SSSR count). The van der Waals surface area contributed by atoms with Gasteiger partial charge in [-0.25, -0.2) is 4.79 Å². The van der Waals surface area contributed by atoms with E-state index in [0.29, 0.717) is 6.42 Å². The van der Waals surface area contributed by atoms with Gasteiger partial charge in [0.25, 0.3) is 0 Å². The Hall–Kier alpha value is -2.08. The number of nitrogens with one attached hydrogen (secondary N) is 1. The minimum Gasteiger partial charge on any atom is -0.460 e. The number of benzene rings is 1. The molecule has 0 fully saturated rings. The van der Waals surface area contributed by atoms with E-state index in [4.69, 9.17) is 9.47 Å². The number of hydrogen-bond acceptors (Lipinski definition) is 5. The average molecular weight is 365 g/mol. The Morgan fingerprint density at radius 1 is 1.00 bits per heavy atom. The lowest BCUT2D eigenvalue weighted by Crippen LogP contribution is -2.47. The van der Waals surface area contributed by atoms with Crippen molar-refractivity contribution in [3.8, 4) is 0 Å². The van der Waals surface area contributed by atoms with Crippen molar-refractivity contribution in [1.82, 2.24) is 5.32 Å². The summed E-state index contributed by atoms with van der Waals surface area (Å²) in [4.78, 5) is 24.1. The third kappa shape index (κ3) is 9.42. The maximum atomic E-state index is 12.1. The minimum absolute atomic E-state index is 0.218. The maximum Gasteiger partial charge on any atom is 0.407 e. The largest absolute Gasteiger partial charge is 0.460 e. The smallest absolute Gasteiger partial charge is 0.407 e. The zero-order valence-electron chi connectivity index (χ0n) is 16.5. The van der Waals surface area contributed by atoms with Crippen molar-refractivity contribution in [1.29, 1.82) is 0 Å². The van der Waals surface area contributed by atoms with Crippen molar-refractivity contribution < 1.29 is 24.2 Å². The van der Waals surface area contributed by atoms with Gasteiger partial charge in [0, 0.05) is 0 Å². The van der Waals surface area contributed by atoms with Crippen LogP contribution >= 0.6 is 0 Å². The zero-order chi connectivity index (χ0) is 20.0. The molecule has 1 amide bonds. The Bertz CT molecular complexity index is 586. The topological polar surface area (TPSA) is 84.9 Å². The van der Waals surface area contributed by atoms with E-state index in [0.717, 1.165) is 5.56 Å². The van der Waals surface area contributed by atoms with Gasteiger partial charge in [-0.05, 0) is 53.5 Å². The molecule has 26 heavy (non-hydrogen) atoms. The molecule has 0 saturated carbocycles. The van der Waals surface area contributed by atoms with Crippen LogP contribution in [0.2, 0.25) is 0 Å². The lowest BCUT2D eigenvalue weighted by molar-refractivity contribution is -0.157. The summed E-state index contributed by atoms with van der Waals surface area (Å²) in [6, 6.07) is 8.74. The summed E-state index contributed by atoms with van der Waals surface area (Å²) in [6.45, 7) is 10.6. The van der Waals surface area contributed by atoms with Gasteiger partial charge in [0.05, 0.1) is 18.6 Å². The van der Waals surface area contributed by atoms with Gasteiger partial charge in [0.2, 0.25) is 0 Å². The molecule has 0 aliphatic heterocycles. The van der Waals surface area contributed by atoms with Gasteiger partial charge < -0.3 is 19.9 Å². The van der Waals surface area contributed by atoms with Gasteiger partial charge >= 0.3 is 12.1 Å². The van der Waals surface area contributed by atoms with Crippen LogP contribution in [0, 0.1) is 0 Å². The van der Waals surface area contributed by atoms with Crippen LogP contribution in [-0.2, 0) is 20.7 Å². The number of alkyl carbamates (subject to hydrolysis) is 1. The summed E-state index contributed by atoms with van der Waals surface area (Å²) in [6.07, 6.45) is -1.59. The number of hydrogen-bond donors (Lipinski definition) is 2. The Balaban J connectivity index is 2.81. The molecule has 0 unspecified atom stereocenters. The molecule has 6 heteroatoms. The molecule has 0 saturated heterocycles. The number of carbonyl (C=O) groups is 2. The van der Waals surface area contributed by atoms with Gasteiger partial charge in [-0.2, -0.15) is 0 Å². The Morgan fingerprint density at radius 2 is 1.54 bits per heavy atom. The van der Waals surface area contributed by atoms with Gasteiger partial charge in [-0.15, -0.1) is 0 Å². The molecule has 0 heterocycles. The second-order valence-electron chi connectivity index (χ2n) is 8.30. The Labute approximate surface area is 155 Å². The molecular formula is C20H31NO5. The first-order valence-corrected chi connectivity index (χ1v) is 8.79. The van der Waals surface area contributed by atoms with E-state index in [-0.39, 0.29) is 6.42 Å². The van der Waals surface area contributed by atoms with E-state index < -0.39 is 35.4 Å². The van der Waals surface area contributed by atoms with Crippen LogP contribution in [0.15, 0.2) is 30.3 Å². The van der Waals surface area contributed by atoms with Gasteiger partial charge in [0.1, 0.15) is 11.2 Å². The highest BCUT2D eigenvalue weighted by molar-refractivity contribution is 5.71. The first kappa shape index (κ1) is 22.0. The third-order valence-corrected chi connectivity index (χ3v) is 3.26.